The highest BCUT2D eigenvalue weighted by Crippen LogP contribution is 2.21. The maximum absolute atomic E-state index is 12.0. The third kappa shape index (κ3) is 12.0. The van der Waals surface area contributed by atoms with Crippen LogP contribution in [0.5, 0.6) is 0 Å². The van der Waals surface area contributed by atoms with E-state index in [9.17, 15) is 9.90 Å². The van der Waals surface area contributed by atoms with E-state index < -0.39 is 0 Å². The topological polar surface area (TPSA) is 143 Å². The first-order chi connectivity index (χ1) is 19.5. The van der Waals surface area contributed by atoms with E-state index in [1.807, 2.05) is 32.0 Å². The van der Waals surface area contributed by atoms with Crippen molar-refractivity contribution >= 4 is 23.8 Å². The van der Waals surface area contributed by atoms with Crippen LogP contribution in [-0.2, 0) is 9.47 Å². The third-order valence-corrected chi connectivity index (χ3v) is 6.86. The molecule has 222 valence electrons. The van der Waals surface area contributed by atoms with Crippen molar-refractivity contribution in [1.82, 2.24) is 20.3 Å². The molecule has 40 heavy (non-hydrogen) atoms. The van der Waals surface area contributed by atoms with Crippen LogP contribution in [0.2, 0.25) is 0 Å². The van der Waals surface area contributed by atoms with Crippen LogP contribution in [0, 0.1) is 5.92 Å². The number of rotatable bonds is 17. The lowest BCUT2D eigenvalue weighted by molar-refractivity contribution is 0.0519. The van der Waals surface area contributed by atoms with E-state index in [1.165, 1.54) is 32.1 Å². The van der Waals surface area contributed by atoms with E-state index in [0.717, 1.165) is 12.8 Å². The van der Waals surface area contributed by atoms with Gasteiger partial charge in [-0.2, -0.15) is 15.0 Å². The minimum Gasteiger partial charge on any atom is -0.394 e. The lowest BCUT2D eigenvalue weighted by atomic mass is 9.97. The van der Waals surface area contributed by atoms with E-state index in [-0.39, 0.29) is 24.5 Å². The summed E-state index contributed by atoms with van der Waals surface area (Å²) < 4.78 is 11.2. The number of hydrogen-bond donors (Lipinski definition) is 5. The molecule has 1 aliphatic rings. The van der Waals surface area contributed by atoms with Crippen molar-refractivity contribution in [3.63, 3.8) is 0 Å². The number of aliphatic hydroxyl groups is 1. The number of ether oxygens (including phenoxy) is 2. The number of nitrogens with one attached hydrogen (secondary N) is 4. The van der Waals surface area contributed by atoms with Gasteiger partial charge in [0.1, 0.15) is 0 Å². The maximum atomic E-state index is 12.0. The normalized spacial score (nSPS) is 15.2. The molecular formula is C29H47N7O4. The Hall–Kier alpha value is -3.02. The van der Waals surface area contributed by atoms with Crippen molar-refractivity contribution < 1.29 is 19.4 Å². The molecule has 1 saturated carbocycles. The molecule has 1 aliphatic carbocycles. The first-order valence-corrected chi connectivity index (χ1v) is 14.7. The molecule has 0 radical (unpaired) electrons. The Bertz CT molecular complexity index is 972. The molecule has 3 rings (SSSR count). The quantitative estimate of drug-likeness (QED) is 0.183. The van der Waals surface area contributed by atoms with Crippen LogP contribution in [0.15, 0.2) is 30.3 Å². The van der Waals surface area contributed by atoms with Gasteiger partial charge in [0.15, 0.2) is 0 Å². The largest absolute Gasteiger partial charge is 0.394 e. The Morgan fingerprint density at radius 2 is 1.50 bits per heavy atom. The summed E-state index contributed by atoms with van der Waals surface area (Å²) >= 11 is 0. The second-order valence-electron chi connectivity index (χ2n) is 10.4. The predicted molar refractivity (Wildman–Crippen MR) is 158 cm³/mol. The van der Waals surface area contributed by atoms with Crippen LogP contribution in [0.4, 0.5) is 17.8 Å². The summed E-state index contributed by atoms with van der Waals surface area (Å²) in [6.07, 6.45) is 8.51. The average Bonchev–Trinajstić information content (AvgIpc) is 2.94. The summed E-state index contributed by atoms with van der Waals surface area (Å²) in [5, 5.41) is 22.6. The summed E-state index contributed by atoms with van der Waals surface area (Å²) in [5.41, 5.74) is 0.635. The van der Waals surface area contributed by atoms with Crippen molar-refractivity contribution in [2.75, 3.05) is 62.1 Å². The fraction of sp³-hybridized carbons (Fsp3) is 0.655. The molecule has 0 aliphatic heterocycles. The number of aromatic nitrogens is 3. The van der Waals surface area contributed by atoms with Gasteiger partial charge in [0.05, 0.1) is 39.1 Å². The second kappa shape index (κ2) is 18.4. The van der Waals surface area contributed by atoms with E-state index in [0.29, 0.717) is 69.0 Å². The van der Waals surface area contributed by atoms with Crippen molar-refractivity contribution in [3.05, 3.63) is 35.9 Å². The third-order valence-electron chi connectivity index (χ3n) is 6.86. The lowest BCUT2D eigenvalue weighted by Crippen LogP contribution is -2.31. The maximum Gasteiger partial charge on any atom is 0.251 e. The van der Waals surface area contributed by atoms with Gasteiger partial charge in [-0.05, 0) is 30.9 Å². The Morgan fingerprint density at radius 3 is 2.17 bits per heavy atom. The number of anilines is 3. The fourth-order valence-electron chi connectivity index (χ4n) is 4.44. The van der Waals surface area contributed by atoms with Crippen LogP contribution < -0.4 is 21.3 Å². The summed E-state index contributed by atoms with van der Waals surface area (Å²) in [7, 11) is 0. The molecule has 1 aromatic heterocycles. The Kier molecular flexibility index (Phi) is 14.5. The number of hydrogen-bond acceptors (Lipinski definition) is 10. The highest BCUT2D eigenvalue weighted by Gasteiger charge is 2.17. The van der Waals surface area contributed by atoms with Gasteiger partial charge in [0.2, 0.25) is 17.8 Å². The molecule has 0 bridgehead atoms. The minimum atomic E-state index is -0.153. The number of carbonyl (C=O) groups excluding carboxylic acids is 1. The van der Waals surface area contributed by atoms with Gasteiger partial charge in [-0.3, -0.25) is 4.79 Å². The standard InChI is InChI=1S/C29H47N7O4/c1-22(2)25(21-37)33-29-35-27(34-28(36-29)32-24-13-9-4-3-5-10-14-24)31-16-18-40-20-19-39-17-15-30-26(38)23-11-7-6-8-12-23/h6-8,11-12,22,24-25,37H,3-5,9-10,13-21H2,1-2H3,(H,30,38)(H3,31,32,33,34,35,36)/t25-/m1/s1. The number of carbonyl (C=O) groups is 1. The number of benzene rings is 1. The van der Waals surface area contributed by atoms with Gasteiger partial charge in [0.25, 0.3) is 5.91 Å². The Labute approximate surface area is 238 Å². The smallest absolute Gasteiger partial charge is 0.251 e. The molecule has 0 spiro atoms. The van der Waals surface area contributed by atoms with E-state index >= 15 is 0 Å². The second-order valence-corrected chi connectivity index (χ2v) is 10.4. The minimum absolute atomic E-state index is 0.00714. The van der Waals surface area contributed by atoms with Crippen LogP contribution in [0.3, 0.4) is 0 Å². The van der Waals surface area contributed by atoms with Gasteiger partial charge >= 0.3 is 0 Å². The molecule has 1 fully saturated rings. The van der Waals surface area contributed by atoms with Gasteiger partial charge < -0.3 is 35.8 Å². The van der Waals surface area contributed by atoms with Crippen molar-refractivity contribution in [2.45, 2.75) is 70.9 Å². The molecule has 0 saturated heterocycles. The van der Waals surface area contributed by atoms with Gasteiger partial charge in [-0.15, -0.1) is 0 Å². The molecular weight excluding hydrogens is 510 g/mol. The summed E-state index contributed by atoms with van der Waals surface area (Å²) in [6, 6.07) is 9.30. The molecule has 1 atom stereocenters. The molecule has 11 heteroatoms. The molecule has 5 N–H and O–H groups in total. The Balaban J connectivity index is 1.39. The van der Waals surface area contributed by atoms with Crippen molar-refractivity contribution in [1.29, 1.82) is 0 Å². The zero-order valence-electron chi connectivity index (χ0n) is 24.0. The zero-order chi connectivity index (χ0) is 28.4. The van der Waals surface area contributed by atoms with Gasteiger partial charge in [0, 0.05) is 24.7 Å². The molecule has 1 amide bonds. The van der Waals surface area contributed by atoms with Gasteiger partial charge in [-0.1, -0.05) is 64.2 Å². The van der Waals surface area contributed by atoms with Gasteiger partial charge in [-0.25, -0.2) is 0 Å². The molecule has 1 aromatic carbocycles. The van der Waals surface area contributed by atoms with Crippen LogP contribution >= 0.6 is 0 Å². The monoisotopic (exact) mass is 557 g/mol. The molecule has 1 heterocycles. The fourth-order valence-corrected chi connectivity index (χ4v) is 4.44. The predicted octanol–water partition coefficient (Wildman–Crippen LogP) is 3.70. The van der Waals surface area contributed by atoms with Crippen LogP contribution in [-0.4, -0.2) is 84.2 Å². The number of aliphatic hydroxyl groups excluding tert-OH is 1. The SMILES string of the molecule is CC(C)[C@@H](CO)Nc1nc(NCCOCCOCCNC(=O)c2ccccc2)nc(NC2CCCCCCC2)n1. The summed E-state index contributed by atoms with van der Waals surface area (Å²) in [6.45, 7) is 6.80. The van der Waals surface area contributed by atoms with Crippen LogP contribution in [0.25, 0.3) is 0 Å². The van der Waals surface area contributed by atoms with E-state index in [1.54, 1.807) is 12.1 Å². The number of nitrogens with zero attached hydrogens (tertiary/aromatic N) is 3. The highest BCUT2D eigenvalue weighted by atomic mass is 16.5. The average molecular weight is 558 g/mol. The first kappa shape index (κ1) is 31.5. The molecule has 11 nitrogen and oxygen atoms in total. The first-order valence-electron chi connectivity index (χ1n) is 14.7. The highest BCUT2D eigenvalue weighted by molar-refractivity contribution is 5.94. The van der Waals surface area contributed by atoms with Crippen molar-refractivity contribution in [3.8, 4) is 0 Å². The Morgan fingerprint density at radius 1 is 0.875 bits per heavy atom. The van der Waals surface area contributed by atoms with Crippen LogP contribution in [0.1, 0.15) is 69.2 Å². The summed E-state index contributed by atoms with van der Waals surface area (Å²) in [4.78, 5) is 25.7. The van der Waals surface area contributed by atoms with Crippen molar-refractivity contribution in [2.24, 2.45) is 5.92 Å². The molecule has 2 aromatic rings. The lowest BCUT2D eigenvalue weighted by Gasteiger charge is -2.23. The summed E-state index contributed by atoms with van der Waals surface area (Å²) in [5.74, 6) is 1.55. The zero-order valence-corrected chi connectivity index (χ0v) is 24.0. The number of amides is 1. The molecule has 0 unspecified atom stereocenters. The van der Waals surface area contributed by atoms with E-state index in [2.05, 4.69) is 36.2 Å². The van der Waals surface area contributed by atoms with E-state index in [4.69, 9.17) is 9.47 Å².